The summed E-state index contributed by atoms with van der Waals surface area (Å²) in [6.07, 6.45) is 2.48. The number of rotatable bonds is 4. The number of anilines is 1. The monoisotopic (exact) mass is 335 g/mol. The summed E-state index contributed by atoms with van der Waals surface area (Å²) in [5, 5.41) is 6.87. The van der Waals surface area contributed by atoms with Crippen LogP contribution in [0.4, 0.5) is 5.69 Å². The first-order chi connectivity index (χ1) is 9.52. The SMILES string of the molecule is Cc1cc(Br)ccc1NC(=O)c1c(CC=O)cnn1C. The zero-order valence-electron chi connectivity index (χ0n) is 11.2. The molecule has 0 aliphatic heterocycles. The molecule has 5 nitrogen and oxygen atoms in total. The molecule has 0 saturated carbocycles. The number of nitrogens with zero attached hydrogens (tertiary/aromatic N) is 2. The Labute approximate surface area is 125 Å². The van der Waals surface area contributed by atoms with Crippen molar-refractivity contribution in [2.75, 3.05) is 5.32 Å². The van der Waals surface area contributed by atoms with Crippen molar-refractivity contribution in [2.45, 2.75) is 13.3 Å². The third kappa shape index (κ3) is 2.96. The van der Waals surface area contributed by atoms with Crippen LogP contribution < -0.4 is 5.32 Å². The van der Waals surface area contributed by atoms with E-state index in [1.807, 2.05) is 25.1 Å². The van der Waals surface area contributed by atoms with E-state index >= 15 is 0 Å². The summed E-state index contributed by atoms with van der Waals surface area (Å²) in [7, 11) is 1.68. The maximum absolute atomic E-state index is 12.3. The van der Waals surface area contributed by atoms with Gasteiger partial charge in [0, 0.05) is 29.2 Å². The van der Waals surface area contributed by atoms with Crippen LogP contribution in [0.3, 0.4) is 0 Å². The molecule has 20 heavy (non-hydrogen) atoms. The maximum atomic E-state index is 12.3. The third-order valence-electron chi connectivity index (χ3n) is 2.97. The van der Waals surface area contributed by atoms with Crippen LogP contribution in [0.2, 0.25) is 0 Å². The lowest BCUT2D eigenvalue weighted by Crippen LogP contribution is -2.18. The Bertz CT molecular complexity index is 664. The molecule has 1 amide bonds. The van der Waals surface area contributed by atoms with Gasteiger partial charge in [-0.05, 0) is 30.7 Å². The minimum absolute atomic E-state index is 0.177. The van der Waals surface area contributed by atoms with Crippen molar-refractivity contribution in [3.8, 4) is 0 Å². The number of nitrogens with one attached hydrogen (secondary N) is 1. The van der Waals surface area contributed by atoms with Gasteiger partial charge in [0.2, 0.25) is 0 Å². The number of carbonyl (C=O) groups excluding carboxylic acids is 2. The predicted molar refractivity (Wildman–Crippen MR) is 79.8 cm³/mol. The lowest BCUT2D eigenvalue weighted by atomic mass is 10.1. The molecule has 0 aliphatic rings. The van der Waals surface area contributed by atoms with Crippen LogP contribution in [0.25, 0.3) is 0 Å². The number of hydrogen-bond donors (Lipinski definition) is 1. The third-order valence-corrected chi connectivity index (χ3v) is 3.46. The highest BCUT2D eigenvalue weighted by atomic mass is 79.9. The highest BCUT2D eigenvalue weighted by molar-refractivity contribution is 9.10. The number of aryl methyl sites for hydroxylation is 2. The molecule has 0 atom stereocenters. The van der Waals surface area contributed by atoms with E-state index in [2.05, 4.69) is 26.3 Å². The molecule has 1 aromatic heterocycles. The number of benzene rings is 1. The number of amides is 1. The first-order valence-electron chi connectivity index (χ1n) is 6.05. The second kappa shape index (κ2) is 6.00. The first-order valence-corrected chi connectivity index (χ1v) is 6.84. The van der Waals surface area contributed by atoms with E-state index in [0.717, 1.165) is 22.0 Å². The molecule has 1 heterocycles. The Morgan fingerprint density at radius 3 is 2.90 bits per heavy atom. The van der Waals surface area contributed by atoms with Crippen molar-refractivity contribution in [1.82, 2.24) is 9.78 Å². The average Bonchev–Trinajstić information content (AvgIpc) is 2.74. The largest absolute Gasteiger partial charge is 0.320 e. The van der Waals surface area contributed by atoms with Crippen molar-refractivity contribution in [1.29, 1.82) is 0 Å². The molecule has 0 radical (unpaired) electrons. The van der Waals surface area contributed by atoms with Gasteiger partial charge in [-0.2, -0.15) is 5.10 Å². The number of aldehydes is 1. The summed E-state index contributed by atoms with van der Waals surface area (Å²) in [4.78, 5) is 23.0. The summed E-state index contributed by atoms with van der Waals surface area (Å²) < 4.78 is 2.43. The van der Waals surface area contributed by atoms with Crippen molar-refractivity contribution in [3.63, 3.8) is 0 Å². The van der Waals surface area contributed by atoms with Gasteiger partial charge in [-0.25, -0.2) is 0 Å². The minimum atomic E-state index is -0.271. The van der Waals surface area contributed by atoms with Gasteiger partial charge in [0.1, 0.15) is 12.0 Å². The van der Waals surface area contributed by atoms with E-state index in [1.165, 1.54) is 10.9 Å². The zero-order chi connectivity index (χ0) is 14.7. The van der Waals surface area contributed by atoms with Crippen molar-refractivity contribution in [2.24, 2.45) is 7.05 Å². The van der Waals surface area contributed by atoms with Crippen LogP contribution in [0.5, 0.6) is 0 Å². The average molecular weight is 336 g/mol. The lowest BCUT2D eigenvalue weighted by molar-refractivity contribution is -0.107. The zero-order valence-corrected chi connectivity index (χ0v) is 12.8. The van der Waals surface area contributed by atoms with Crippen LogP contribution in [0.1, 0.15) is 21.6 Å². The molecule has 0 fully saturated rings. The fourth-order valence-electron chi connectivity index (χ4n) is 1.96. The molecule has 0 saturated heterocycles. The van der Waals surface area contributed by atoms with Gasteiger partial charge in [-0.3, -0.25) is 9.48 Å². The van der Waals surface area contributed by atoms with Gasteiger partial charge < -0.3 is 10.1 Å². The van der Waals surface area contributed by atoms with Crippen molar-refractivity contribution in [3.05, 3.63) is 45.7 Å². The molecule has 6 heteroatoms. The smallest absolute Gasteiger partial charge is 0.274 e. The molecule has 2 aromatic rings. The van der Waals surface area contributed by atoms with Gasteiger partial charge in [0.05, 0.1) is 6.20 Å². The second-order valence-electron chi connectivity index (χ2n) is 4.43. The fraction of sp³-hybridized carbons (Fsp3) is 0.214. The summed E-state index contributed by atoms with van der Waals surface area (Å²) in [6.45, 7) is 1.91. The number of aromatic nitrogens is 2. The van der Waals surface area contributed by atoms with Crippen molar-refractivity contribution < 1.29 is 9.59 Å². The molecule has 2 rings (SSSR count). The number of carbonyl (C=O) groups is 2. The normalized spacial score (nSPS) is 10.3. The van der Waals surface area contributed by atoms with Crippen LogP contribution in [-0.2, 0) is 18.3 Å². The molecule has 104 valence electrons. The van der Waals surface area contributed by atoms with Crippen LogP contribution in [0, 0.1) is 6.92 Å². The topological polar surface area (TPSA) is 64.0 Å². The van der Waals surface area contributed by atoms with E-state index in [-0.39, 0.29) is 12.3 Å². The van der Waals surface area contributed by atoms with Crippen LogP contribution in [-0.4, -0.2) is 22.0 Å². The Morgan fingerprint density at radius 1 is 1.50 bits per heavy atom. The molecule has 0 aliphatic carbocycles. The second-order valence-corrected chi connectivity index (χ2v) is 5.34. The Kier molecular flexibility index (Phi) is 4.34. The summed E-state index contributed by atoms with van der Waals surface area (Å²) in [5.74, 6) is -0.271. The molecule has 0 spiro atoms. The van der Waals surface area contributed by atoms with Crippen LogP contribution in [0.15, 0.2) is 28.9 Å². The minimum Gasteiger partial charge on any atom is -0.320 e. The summed E-state index contributed by atoms with van der Waals surface area (Å²) in [5.41, 5.74) is 2.71. The van der Waals surface area contributed by atoms with E-state index in [0.29, 0.717) is 11.3 Å². The fourth-order valence-corrected chi connectivity index (χ4v) is 2.44. The lowest BCUT2D eigenvalue weighted by Gasteiger charge is -2.10. The van der Waals surface area contributed by atoms with Gasteiger partial charge in [-0.15, -0.1) is 0 Å². The van der Waals surface area contributed by atoms with Crippen molar-refractivity contribution >= 4 is 33.8 Å². The molecule has 1 aromatic carbocycles. The maximum Gasteiger partial charge on any atom is 0.274 e. The highest BCUT2D eigenvalue weighted by Crippen LogP contribution is 2.21. The molecule has 1 N–H and O–H groups in total. The van der Waals surface area contributed by atoms with Gasteiger partial charge in [-0.1, -0.05) is 15.9 Å². The summed E-state index contributed by atoms with van der Waals surface area (Å²) >= 11 is 3.38. The molecular formula is C14H14BrN3O2. The molecule has 0 unspecified atom stereocenters. The van der Waals surface area contributed by atoms with Gasteiger partial charge in [0.25, 0.3) is 5.91 Å². The Morgan fingerprint density at radius 2 is 2.25 bits per heavy atom. The van der Waals surface area contributed by atoms with E-state index in [9.17, 15) is 9.59 Å². The number of hydrogen-bond acceptors (Lipinski definition) is 3. The number of halogens is 1. The van der Waals surface area contributed by atoms with E-state index < -0.39 is 0 Å². The van der Waals surface area contributed by atoms with Gasteiger partial charge >= 0.3 is 0 Å². The quantitative estimate of drug-likeness (QED) is 0.873. The molecule has 0 bridgehead atoms. The highest BCUT2D eigenvalue weighted by Gasteiger charge is 2.17. The van der Waals surface area contributed by atoms with Crippen LogP contribution >= 0.6 is 15.9 Å². The Hall–Kier alpha value is -1.95. The van der Waals surface area contributed by atoms with E-state index in [4.69, 9.17) is 0 Å². The molecular weight excluding hydrogens is 322 g/mol. The Balaban J connectivity index is 2.28. The first kappa shape index (κ1) is 14.5. The summed E-state index contributed by atoms with van der Waals surface area (Å²) in [6, 6.07) is 5.61. The van der Waals surface area contributed by atoms with E-state index in [1.54, 1.807) is 7.05 Å². The standard InChI is InChI=1S/C14H14BrN3O2/c1-9-7-11(15)3-4-12(9)17-14(20)13-10(5-6-19)8-16-18(13)2/h3-4,6-8H,5H2,1-2H3,(H,17,20). The van der Waals surface area contributed by atoms with Gasteiger partial charge in [0.15, 0.2) is 0 Å². The predicted octanol–water partition coefficient (Wildman–Crippen LogP) is 2.48.